The zero-order valence-corrected chi connectivity index (χ0v) is 13.6. The highest BCUT2D eigenvalue weighted by atomic mass is 16.5. The lowest BCUT2D eigenvalue weighted by Gasteiger charge is -2.30. The van der Waals surface area contributed by atoms with Gasteiger partial charge in [0.1, 0.15) is 5.82 Å². The van der Waals surface area contributed by atoms with Crippen molar-refractivity contribution in [2.45, 2.75) is 46.1 Å². The highest BCUT2D eigenvalue weighted by molar-refractivity contribution is 5.95. The maximum absolute atomic E-state index is 12.8. The first-order valence-electron chi connectivity index (χ1n) is 7.63. The molecule has 0 aromatic carbocycles. The van der Waals surface area contributed by atoms with Gasteiger partial charge >= 0.3 is 0 Å². The number of carbonyl (C=O) groups excluding carboxylic acids is 1. The average molecular weight is 293 g/mol. The van der Waals surface area contributed by atoms with Gasteiger partial charge < -0.3 is 15.4 Å². The molecule has 5 heteroatoms. The monoisotopic (exact) mass is 293 g/mol. The molecule has 0 fully saturated rings. The third-order valence-corrected chi connectivity index (χ3v) is 3.69. The molecule has 0 bridgehead atoms. The SMILES string of the molecule is CCc1cc(C(=O)N(CCOC)C(CC)CC)cc(N)n1. The van der Waals surface area contributed by atoms with Crippen LogP contribution < -0.4 is 5.73 Å². The second kappa shape index (κ2) is 8.62. The van der Waals surface area contributed by atoms with Crippen molar-refractivity contribution in [3.8, 4) is 0 Å². The molecule has 0 radical (unpaired) electrons. The summed E-state index contributed by atoms with van der Waals surface area (Å²) in [5, 5.41) is 0. The number of hydrogen-bond acceptors (Lipinski definition) is 4. The highest BCUT2D eigenvalue weighted by Gasteiger charge is 2.22. The minimum atomic E-state index is 0.00421. The van der Waals surface area contributed by atoms with Gasteiger partial charge in [-0.2, -0.15) is 0 Å². The van der Waals surface area contributed by atoms with E-state index in [4.69, 9.17) is 10.5 Å². The molecule has 0 aliphatic rings. The van der Waals surface area contributed by atoms with Crippen LogP contribution in [0.4, 0.5) is 5.82 Å². The minimum absolute atomic E-state index is 0.00421. The van der Waals surface area contributed by atoms with Crippen molar-refractivity contribution in [1.29, 1.82) is 0 Å². The number of rotatable bonds is 8. The van der Waals surface area contributed by atoms with Crippen molar-refractivity contribution >= 4 is 11.7 Å². The van der Waals surface area contributed by atoms with Gasteiger partial charge in [0, 0.05) is 31.0 Å². The molecule has 1 heterocycles. The van der Waals surface area contributed by atoms with Gasteiger partial charge in [0.2, 0.25) is 0 Å². The van der Waals surface area contributed by atoms with Gasteiger partial charge in [-0.15, -0.1) is 0 Å². The smallest absolute Gasteiger partial charge is 0.254 e. The predicted molar refractivity (Wildman–Crippen MR) is 85.3 cm³/mol. The van der Waals surface area contributed by atoms with Crippen LogP contribution in [0.25, 0.3) is 0 Å². The number of hydrogen-bond donors (Lipinski definition) is 1. The van der Waals surface area contributed by atoms with Gasteiger partial charge in [-0.3, -0.25) is 4.79 Å². The molecule has 0 saturated carbocycles. The van der Waals surface area contributed by atoms with Crippen LogP contribution in [-0.4, -0.2) is 42.1 Å². The second-order valence-electron chi connectivity index (χ2n) is 5.09. The topological polar surface area (TPSA) is 68.5 Å². The summed E-state index contributed by atoms with van der Waals surface area (Å²) in [6, 6.07) is 3.71. The summed E-state index contributed by atoms with van der Waals surface area (Å²) >= 11 is 0. The van der Waals surface area contributed by atoms with Crippen molar-refractivity contribution in [2.24, 2.45) is 0 Å². The molecule has 1 rings (SSSR count). The van der Waals surface area contributed by atoms with E-state index in [9.17, 15) is 4.79 Å². The van der Waals surface area contributed by atoms with E-state index in [0.29, 0.717) is 24.5 Å². The Kier molecular flexibility index (Phi) is 7.15. The fraction of sp³-hybridized carbons (Fsp3) is 0.625. The Morgan fingerprint density at radius 2 is 2.00 bits per heavy atom. The maximum Gasteiger partial charge on any atom is 0.254 e. The zero-order valence-electron chi connectivity index (χ0n) is 13.6. The van der Waals surface area contributed by atoms with Crippen LogP contribution >= 0.6 is 0 Å². The van der Waals surface area contributed by atoms with E-state index in [1.807, 2.05) is 17.9 Å². The van der Waals surface area contributed by atoms with Crippen LogP contribution in [0.15, 0.2) is 12.1 Å². The zero-order chi connectivity index (χ0) is 15.8. The average Bonchev–Trinajstić information content (AvgIpc) is 2.50. The summed E-state index contributed by atoms with van der Waals surface area (Å²) in [6.45, 7) is 7.31. The van der Waals surface area contributed by atoms with E-state index in [1.165, 1.54) is 0 Å². The Hall–Kier alpha value is -1.62. The summed E-state index contributed by atoms with van der Waals surface area (Å²) in [7, 11) is 1.65. The van der Waals surface area contributed by atoms with Crippen LogP contribution in [0.5, 0.6) is 0 Å². The van der Waals surface area contributed by atoms with Crippen LogP contribution in [-0.2, 0) is 11.2 Å². The standard InChI is InChI=1S/C16H27N3O2/c1-5-13-10-12(11-15(17)18-13)16(20)19(8-9-21-4)14(6-2)7-3/h10-11,14H,5-9H2,1-4H3,(H2,17,18). The van der Waals surface area contributed by atoms with Gasteiger partial charge in [0.05, 0.1) is 6.61 Å². The number of ether oxygens (including phenoxy) is 1. The molecular formula is C16H27N3O2. The molecule has 0 saturated heterocycles. The molecule has 0 atom stereocenters. The van der Waals surface area contributed by atoms with Crippen LogP contribution in [0, 0.1) is 0 Å². The Labute approximate surface area is 127 Å². The molecule has 0 spiro atoms. The Morgan fingerprint density at radius 1 is 1.33 bits per heavy atom. The first kappa shape index (κ1) is 17.4. The second-order valence-corrected chi connectivity index (χ2v) is 5.09. The number of aryl methyl sites for hydroxylation is 1. The summed E-state index contributed by atoms with van der Waals surface area (Å²) in [6.07, 6.45) is 2.61. The number of nitrogen functional groups attached to an aromatic ring is 1. The van der Waals surface area contributed by atoms with Crippen molar-refractivity contribution in [1.82, 2.24) is 9.88 Å². The lowest BCUT2D eigenvalue weighted by atomic mass is 10.1. The molecule has 118 valence electrons. The van der Waals surface area contributed by atoms with Crippen molar-refractivity contribution in [3.05, 3.63) is 23.4 Å². The number of pyridine rings is 1. The van der Waals surface area contributed by atoms with Crippen molar-refractivity contribution < 1.29 is 9.53 Å². The maximum atomic E-state index is 12.8. The fourth-order valence-corrected chi connectivity index (χ4v) is 2.45. The van der Waals surface area contributed by atoms with Crippen LogP contribution in [0.1, 0.15) is 49.7 Å². The molecule has 0 unspecified atom stereocenters. The van der Waals surface area contributed by atoms with E-state index >= 15 is 0 Å². The van der Waals surface area contributed by atoms with E-state index in [2.05, 4.69) is 18.8 Å². The molecule has 1 aromatic rings. The quantitative estimate of drug-likeness (QED) is 0.799. The third-order valence-electron chi connectivity index (χ3n) is 3.69. The van der Waals surface area contributed by atoms with Crippen LogP contribution in [0.3, 0.4) is 0 Å². The fourth-order valence-electron chi connectivity index (χ4n) is 2.45. The Morgan fingerprint density at radius 3 is 2.52 bits per heavy atom. The summed E-state index contributed by atoms with van der Waals surface area (Å²) in [5.74, 6) is 0.401. The summed E-state index contributed by atoms with van der Waals surface area (Å²) in [5.41, 5.74) is 7.26. The molecule has 1 amide bonds. The van der Waals surface area contributed by atoms with Gasteiger partial charge in [-0.05, 0) is 31.4 Å². The largest absolute Gasteiger partial charge is 0.384 e. The highest BCUT2D eigenvalue weighted by Crippen LogP contribution is 2.16. The third kappa shape index (κ3) is 4.70. The molecular weight excluding hydrogens is 266 g/mol. The first-order valence-corrected chi connectivity index (χ1v) is 7.63. The minimum Gasteiger partial charge on any atom is -0.384 e. The molecule has 21 heavy (non-hydrogen) atoms. The Bertz CT molecular complexity index is 459. The van der Waals surface area contributed by atoms with E-state index in [-0.39, 0.29) is 11.9 Å². The summed E-state index contributed by atoms with van der Waals surface area (Å²) < 4.78 is 5.14. The number of nitrogens with two attached hydrogens (primary N) is 1. The molecule has 1 aromatic heterocycles. The van der Waals surface area contributed by atoms with Crippen molar-refractivity contribution in [2.75, 3.05) is 26.0 Å². The number of carbonyl (C=O) groups is 1. The lowest BCUT2D eigenvalue weighted by molar-refractivity contribution is 0.0589. The number of nitrogens with zero attached hydrogens (tertiary/aromatic N) is 2. The molecule has 5 nitrogen and oxygen atoms in total. The van der Waals surface area contributed by atoms with Gasteiger partial charge in [0.25, 0.3) is 5.91 Å². The normalized spacial score (nSPS) is 10.9. The van der Waals surface area contributed by atoms with Gasteiger partial charge in [0.15, 0.2) is 0 Å². The van der Waals surface area contributed by atoms with Gasteiger partial charge in [-0.1, -0.05) is 20.8 Å². The van der Waals surface area contributed by atoms with E-state index in [1.54, 1.807) is 13.2 Å². The first-order chi connectivity index (χ1) is 10.1. The Balaban J connectivity index is 3.06. The molecule has 2 N–H and O–H groups in total. The number of anilines is 1. The van der Waals surface area contributed by atoms with E-state index < -0.39 is 0 Å². The number of amides is 1. The van der Waals surface area contributed by atoms with Crippen LogP contribution in [0.2, 0.25) is 0 Å². The molecule has 0 aliphatic carbocycles. The van der Waals surface area contributed by atoms with Gasteiger partial charge in [-0.25, -0.2) is 4.98 Å². The summed E-state index contributed by atoms with van der Waals surface area (Å²) in [4.78, 5) is 18.9. The predicted octanol–water partition coefficient (Wildman–Crippen LogP) is 2.50. The van der Waals surface area contributed by atoms with Crippen molar-refractivity contribution in [3.63, 3.8) is 0 Å². The number of methoxy groups -OCH3 is 1. The lowest BCUT2D eigenvalue weighted by Crippen LogP contribution is -2.41. The van der Waals surface area contributed by atoms with E-state index in [0.717, 1.165) is 25.0 Å². The molecule has 0 aliphatic heterocycles. The number of aromatic nitrogens is 1.